The van der Waals surface area contributed by atoms with Gasteiger partial charge in [0.25, 0.3) is 0 Å². The number of thiocarbonyl (C=S) groups is 1. The zero-order valence-corrected chi connectivity index (χ0v) is 22.1. The summed E-state index contributed by atoms with van der Waals surface area (Å²) in [6, 6.07) is 21.1. The molecular formula is C30H28F6N2OS. The molecule has 2 bridgehead atoms. The average Bonchev–Trinajstić information content (AvgIpc) is 3.12. The Hall–Kier alpha value is -2.95. The molecule has 0 amide bonds. The number of hydrogen-bond donors (Lipinski definition) is 2. The Morgan fingerprint density at radius 1 is 0.875 bits per heavy atom. The van der Waals surface area contributed by atoms with E-state index >= 15 is 0 Å². The van der Waals surface area contributed by atoms with Crippen molar-refractivity contribution in [2.24, 2.45) is 23.5 Å². The van der Waals surface area contributed by atoms with Crippen LogP contribution in [0.15, 0.2) is 78.9 Å². The fourth-order valence-corrected chi connectivity index (χ4v) is 6.83. The van der Waals surface area contributed by atoms with Gasteiger partial charge in [-0.2, -0.15) is 26.3 Å². The monoisotopic (exact) mass is 578 g/mol. The first kappa shape index (κ1) is 28.6. The Labute approximate surface area is 233 Å². The van der Waals surface area contributed by atoms with Crippen LogP contribution in [-0.2, 0) is 35.5 Å². The molecule has 3 N–H and O–H groups in total. The largest absolute Gasteiger partial charge is 0.416 e. The second-order valence-corrected chi connectivity index (χ2v) is 11.1. The van der Waals surface area contributed by atoms with E-state index in [1.54, 1.807) is 0 Å². The lowest BCUT2D eigenvalue weighted by Gasteiger charge is -2.48. The molecule has 0 radical (unpaired) electrons. The molecule has 0 aromatic heterocycles. The summed E-state index contributed by atoms with van der Waals surface area (Å²) in [5, 5.41) is 3.40. The maximum absolute atomic E-state index is 13.5. The van der Waals surface area contributed by atoms with E-state index in [-0.39, 0.29) is 29.4 Å². The number of ether oxygens (including phenoxy) is 1. The molecule has 10 heteroatoms. The van der Waals surface area contributed by atoms with Crippen molar-refractivity contribution >= 4 is 17.2 Å². The van der Waals surface area contributed by atoms with Crippen LogP contribution in [0.2, 0.25) is 0 Å². The first-order valence-corrected chi connectivity index (χ1v) is 13.3. The Balaban J connectivity index is 1.54. The molecule has 3 aromatic carbocycles. The highest BCUT2D eigenvalue weighted by molar-refractivity contribution is 7.80. The molecule has 2 fully saturated rings. The van der Waals surface area contributed by atoms with Gasteiger partial charge in [-0.05, 0) is 59.6 Å². The molecule has 5 atom stereocenters. The van der Waals surface area contributed by atoms with Crippen LogP contribution in [0.25, 0.3) is 0 Å². The number of rotatable bonds is 7. The quantitative estimate of drug-likeness (QED) is 0.237. The molecule has 1 saturated heterocycles. The molecule has 1 aliphatic carbocycles. The standard InChI is InChI=1S/C30H28F6N2OS/c31-29(32,33)21-11-19(12-22(14-21)30(34,35)36)17-39-27-28(20-9-5-2-6-10-20)15-23(26(37)40)24(16-38-27)25(28)13-18-7-3-1-4-8-18/h1-12,14,23-25,27,38H,13,15-17H2,(H2,37,40). The highest BCUT2D eigenvalue weighted by Crippen LogP contribution is 2.57. The average molecular weight is 579 g/mol. The van der Waals surface area contributed by atoms with Crippen molar-refractivity contribution < 1.29 is 31.1 Å². The summed E-state index contributed by atoms with van der Waals surface area (Å²) in [5.41, 5.74) is 4.66. The summed E-state index contributed by atoms with van der Waals surface area (Å²) in [4.78, 5) is 0.385. The zero-order valence-electron chi connectivity index (χ0n) is 21.3. The topological polar surface area (TPSA) is 47.3 Å². The minimum absolute atomic E-state index is 0.00213. The molecule has 5 unspecified atom stereocenters. The van der Waals surface area contributed by atoms with Gasteiger partial charge in [0, 0.05) is 17.9 Å². The second kappa shape index (κ2) is 10.8. The number of nitrogens with two attached hydrogens (primary N) is 1. The van der Waals surface area contributed by atoms with Crippen molar-refractivity contribution in [1.29, 1.82) is 0 Å². The molecule has 2 aliphatic rings. The summed E-state index contributed by atoms with van der Waals surface area (Å²) < 4.78 is 87.1. The number of piperidine rings is 1. The zero-order chi connectivity index (χ0) is 28.7. The normalized spacial score (nSPS) is 26.6. The van der Waals surface area contributed by atoms with E-state index < -0.39 is 41.7 Å². The number of halogens is 6. The maximum atomic E-state index is 13.5. The lowest BCUT2D eigenvalue weighted by Crippen LogP contribution is -2.58. The smallest absolute Gasteiger partial charge is 0.393 e. The third-order valence-electron chi connectivity index (χ3n) is 8.30. The highest BCUT2D eigenvalue weighted by atomic mass is 32.1. The van der Waals surface area contributed by atoms with E-state index in [0.29, 0.717) is 36.5 Å². The molecule has 212 valence electrons. The van der Waals surface area contributed by atoms with E-state index in [2.05, 4.69) is 5.32 Å². The fraction of sp³-hybridized carbons (Fsp3) is 0.367. The van der Waals surface area contributed by atoms with Crippen LogP contribution in [0, 0.1) is 17.8 Å². The molecular weight excluding hydrogens is 550 g/mol. The van der Waals surface area contributed by atoms with E-state index in [0.717, 1.165) is 11.1 Å². The van der Waals surface area contributed by atoms with Gasteiger partial charge in [-0.15, -0.1) is 0 Å². The van der Waals surface area contributed by atoms with Crippen LogP contribution in [-0.4, -0.2) is 17.8 Å². The van der Waals surface area contributed by atoms with Gasteiger partial charge in [-0.25, -0.2) is 0 Å². The summed E-state index contributed by atoms with van der Waals surface area (Å²) in [6.07, 6.45) is -9.35. The van der Waals surface area contributed by atoms with E-state index in [9.17, 15) is 26.3 Å². The molecule has 5 rings (SSSR count). The van der Waals surface area contributed by atoms with Crippen LogP contribution in [0.1, 0.15) is 34.2 Å². The van der Waals surface area contributed by atoms with Crippen molar-refractivity contribution in [3.63, 3.8) is 0 Å². The van der Waals surface area contributed by atoms with E-state index in [1.807, 2.05) is 60.7 Å². The van der Waals surface area contributed by atoms with Gasteiger partial charge in [-0.3, -0.25) is 5.32 Å². The maximum Gasteiger partial charge on any atom is 0.416 e. The van der Waals surface area contributed by atoms with Crippen LogP contribution in [0.4, 0.5) is 26.3 Å². The van der Waals surface area contributed by atoms with E-state index in [1.165, 1.54) is 0 Å². The van der Waals surface area contributed by atoms with Gasteiger partial charge >= 0.3 is 12.4 Å². The van der Waals surface area contributed by atoms with Gasteiger partial charge < -0.3 is 10.5 Å². The summed E-state index contributed by atoms with van der Waals surface area (Å²) in [7, 11) is 0. The Morgan fingerprint density at radius 2 is 1.45 bits per heavy atom. The van der Waals surface area contributed by atoms with Gasteiger partial charge in [-0.1, -0.05) is 72.9 Å². The van der Waals surface area contributed by atoms with Crippen molar-refractivity contribution in [3.8, 4) is 0 Å². The third-order valence-corrected chi connectivity index (χ3v) is 8.60. The second-order valence-electron chi connectivity index (χ2n) is 10.6. The number of benzene rings is 3. The number of nitrogens with one attached hydrogen (secondary N) is 1. The van der Waals surface area contributed by atoms with Crippen LogP contribution in [0.5, 0.6) is 0 Å². The summed E-state index contributed by atoms with van der Waals surface area (Å²) >= 11 is 5.47. The molecule has 3 nitrogen and oxygen atoms in total. The van der Waals surface area contributed by atoms with Crippen LogP contribution < -0.4 is 11.1 Å². The summed E-state index contributed by atoms with van der Waals surface area (Å²) in [6.45, 7) is 0.0505. The molecule has 0 spiro atoms. The lowest BCUT2D eigenvalue weighted by molar-refractivity contribution is -0.143. The number of fused-ring (bicyclic) bond motifs is 2. The Kier molecular flexibility index (Phi) is 7.71. The van der Waals surface area contributed by atoms with Gasteiger partial charge in [0.2, 0.25) is 0 Å². The molecule has 40 heavy (non-hydrogen) atoms. The minimum atomic E-state index is -4.94. The van der Waals surface area contributed by atoms with Crippen molar-refractivity contribution in [2.75, 3.05) is 6.54 Å². The Bertz CT molecular complexity index is 1320. The van der Waals surface area contributed by atoms with Crippen molar-refractivity contribution in [3.05, 3.63) is 107 Å². The third kappa shape index (κ3) is 5.49. The lowest BCUT2D eigenvalue weighted by atomic mass is 9.65. The van der Waals surface area contributed by atoms with Crippen molar-refractivity contribution in [1.82, 2.24) is 5.32 Å². The molecule has 3 aromatic rings. The molecule has 1 saturated carbocycles. The SMILES string of the molecule is NC(=S)C1CC2(c3ccccc3)C(OCc3cc(C(F)(F)F)cc(C(F)(F)F)c3)NCC1C2Cc1ccccc1. The highest BCUT2D eigenvalue weighted by Gasteiger charge is 2.61. The van der Waals surface area contributed by atoms with Gasteiger partial charge in [0.15, 0.2) is 0 Å². The van der Waals surface area contributed by atoms with Crippen molar-refractivity contribution in [2.45, 2.75) is 43.4 Å². The number of alkyl halides is 6. The van der Waals surface area contributed by atoms with Gasteiger partial charge in [0.1, 0.15) is 6.23 Å². The Morgan fingerprint density at radius 3 is 2.00 bits per heavy atom. The molecule has 1 aliphatic heterocycles. The number of hydrogen-bond acceptors (Lipinski definition) is 3. The van der Waals surface area contributed by atoms with Gasteiger partial charge in [0.05, 0.1) is 22.7 Å². The molecule has 1 heterocycles. The predicted molar refractivity (Wildman–Crippen MR) is 143 cm³/mol. The minimum Gasteiger partial charge on any atom is -0.393 e. The summed E-state index contributed by atoms with van der Waals surface area (Å²) in [5.74, 6) is -0.0409. The first-order chi connectivity index (χ1) is 18.9. The first-order valence-electron chi connectivity index (χ1n) is 12.9. The predicted octanol–water partition coefficient (Wildman–Crippen LogP) is 6.89. The van der Waals surface area contributed by atoms with Crippen LogP contribution in [0.3, 0.4) is 0 Å². The van der Waals surface area contributed by atoms with E-state index in [4.69, 9.17) is 22.7 Å². The van der Waals surface area contributed by atoms with Crippen LogP contribution >= 0.6 is 12.2 Å². The fourth-order valence-electron chi connectivity index (χ4n) is 6.58.